The van der Waals surface area contributed by atoms with Crippen LogP contribution in [0, 0.1) is 41.5 Å². The summed E-state index contributed by atoms with van der Waals surface area (Å²) in [7, 11) is 0. The fraction of sp³-hybridized carbons (Fsp3) is 0.108. The number of hydrogen-bond acceptors (Lipinski definition) is 7. The van der Waals surface area contributed by atoms with Gasteiger partial charge in [0.25, 0.3) is 0 Å². The Morgan fingerprint density at radius 3 is 1.31 bits per heavy atom. The summed E-state index contributed by atoms with van der Waals surface area (Å²) in [6.07, 6.45) is 0. The van der Waals surface area contributed by atoms with Gasteiger partial charge in [0.05, 0.1) is 5.69 Å². The molecule has 7 nitrogen and oxygen atoms in total. The minimum absolute atomic E-state index is 0.0288. The van der Waals surface area contributed by atoms with E-state index >= 15 is 0 Å². The van der Waals surface area contributed by atoms with Gasteiger partial charge < -0.3 is 0 Å². The molecular formula is C65H53N7. The van der Waals surface area contributed by atoms with E-state index in [1.165, 1.54) is 50.1 Å². The molecule has 9 aromatic carbocycles. The van der Waals surface area contributed by atoms with Crippen molar-refractivity contribution in [3.63, 3.8) is 0 Å². The van der Waals surface area contributed by atoms with Gasteiger partial charge in [-0.3, -0.25) is 0 Å². The molecule has 0 aliphatic heterocycles. The molecular weight excluding hydrogens is 879 g/mol. The van der Waals surface area contributed by atoms with Crippen molar-refractivity contribution in [2.45, 2.75) is 47.5 Å². The number of rotatable bonds is 11. The molecule has 2 aromatic heterocycles. The lowest BCUT2D eigenvalue weighted by Gasteiger charge is -2.28. The average molecular weight is 932 g/mol. The van der Waals surface area contributed by atoms with Crippen molar-refractivity contribution < 1.29 is 0 Å². The van der Waals surface area contributed by atoms with Crippen molar-refractivity contribution in [3.05, 3.63) is 256 Å². The minimum Gasteiger partial charge on any atom is -0.246 e. The van der Waals surface area contributed by atoms with Crippen LogP contribution in [0.2, 0.25) is 0 Å². The summed E-state index contributed by atoms with van der Waals surface area (Å²) in [5.74, 6) is 2.78. The van der Waals surface area contributed by atoms with E-state index in [-0.39, 0.29) is 5.92 Å². The minimum atomic E-state index is -0.0288. The lowest BCUT2D eigenvalue weighted by molar-refractivity contribution is 0.917. The van der Waals surface area contributed by atoms with Gasteiger partial charge in [-0.15, -0.1) is 0 Å². The molecule has 348 valence electrons. The second kappa shape index (κ2) is 19.5. The summed E-state index contributed by atoms with van der Waals surface area (Å²) in [4.78, 5) is 33.8. The van der Waals surface area contributed by atoms with Crippen LogP contribution in [0.4, 0.5) is 17.6 Å². The van der Waals surface area contributed by atoms with Gasteiger partial charge in [-0.05, 0) is 121 Å². The maximum Gasteiger partial charge on any atom is 0.241 e. The van der Waals surface area contributed by atoms with Gasteiger partial charge in [0.1, 0.15) is 0 Å². The first kappa shape index (κ1) is 45.5. The van der Waals surface area contributed by atoms with Gasteiger partial charge in [-0.1, -0.05) is 199 Å². The lowest BCUT2D eigenvalue weighted by atomic mass is 9.77. The Hall–Kier alpha value is -8.94. The van der Waals surface area contributed by atoms with Crippen molar-refractivity contribution in [1.82, 2.24) is 29.9 Å². The third-order valence-electron chi connectivity index (χ3n) is 13.5. The summed E-state index contributed by atoms with van der Waals surface area (Å²) >= 11 is 0. The number of aromatic nitrogens is 6. The fourth-order valence-corrected chi connectivity index (χ4v) is 10.4. The van der Waals surface area contributed by atoms with E-state index in [2.05, 4.69) is 181 Å². The van der Waals surface area contributed by atoms with E-state index in [0.29, 0.717) is 35.2 Å². The number of benzene rings is 9. The SMILES string of the molecule is Cc1cc(C)c(C(c2ccc(N(c3nc(-c4ccccc4)nc(-c4cccc(-c5ccccc5)c4)n3)c3nc(-c4ccccc4)nc(-c4cccc5ccccc45)n3)cc2)c2c(C)cc(C)cc2C)c(C)c1. The van der Waals surface area contributed by atoms with E-state index in [1.54, 1.807) is 0 Å². The highest BCUT2D eigenvalue weighted by molar-refractivity contribution is 5.95. The van der Waals surface area contributed by atoms with Crippen LogP contribution >= 0.6 is 0 Å². The van der Waals surface area contributed by atoms with Crippen molar-refractivity contribution in [1.29, 1.82) is 0 Å². The summed E-state index contributed by atoms with van der Waals surface area (Å²) in [6.45, 7) is 13.3. The van der Waals surface area contributed by atoms with Crippen molar-refractivity contribution in [2.75, 3.05) is 4.90 Å². The maximum absolute atomic E-state index is 5.41. The Morgan fingerprint density at radius 1 is 0.333 bits per heavy atom. The molecule has 0 unspecified atom stereocenters. The normalized spacial score (nSPS) is 11.3. The summed E-state index contributed by atoms with van der Waals surface area (Å²) in [5, 5.41) is 2.12. The van der Waals surface area contributed by atoms with Gasteiger partial charge >= 0.3 is 0 Å². The van der Waals surface area contributed by atoms with Gasteiger partial charge in [0, 0.05) is 28.2 Å². The average Bonchev–Trinajstić information content (AvgIpc) is 3.41. The molecule has 2 heterocycles. The predicted molar refractivity (Wildman–Crippen MR) is 295 cm³/mol. The Kier molecular flexibility index (Phi) is 12.3. The van der Waals surface area contributed by atoms with Gasteiger partial charge in [0.2, 0.25) is 11.9 Å². The lowest BCUT2D eigenvalue weighted by Crippen LogP contribution is -2.19. The molecule has 0 N–H and O–H groups in total. The zero-order valence-corrected chi connectivity index (χ0v) is 41.3. The highest BCUT2D eigenvalue weighted by Gasteiger charge is 2.28. The van der Waals surface area contributed by atoms with Crippen LogP contribution in [0.5, 0.6) is 0 Å². The molecule has 0 radical (unpaired) electrons. The largest absolute Gasteiger partial charge is 0.246 e. The van der Waals surface area contributed by atoms with E-state index in [1.807, 2.05) is 71.6 Å². The van der Waals surface area contributed by atoms with Gasteiger partial charge in [-0.2, -0.15) is 19.9 Å². The van der Waals surface area contributed by atoms with E-state index in [4.69, 9.17) is 29.9 Å². The third kappa shape index (κ3) is 9.04. The molecule has 0 aliphatic rings. The Labute approximate surface area is 421 Å². The first-order valence-corrected chi connectivity index (χ1v) is 24.5. The van der Waals surface area contributed by atoms with Crippen LogP contribution in [0.25, 0.3) is 67.5 Å². The highest BCUT2D eigenvalue weighted by Crippen LogP contribution is 2.42. The first-order chi connectivity index (χ1) is 35.1. The molecule has 72 heavy (non-hydrogen) atoms. The molecule has 0 amide bonds. The summed E-state index contributed by atoms with van der Waals surface area (Å²) in [6, 6.07) is 71.5. The second-order valence-corrected chi connectivity index (χ2v) is 18.8. The zero-order chi connectivity index (χ0) is 49.3. The van der Waals surface area contributed by atoms with Crippen LogP contribution in [-0.2, 0) is 0 Å². The number of fused-ring (bicyclic) bond motifs is 1. The van der Waals surface area contributed by atoms with Crippen LogP contribution in [0.3, 0.4) is 0 Å². The molecule has 11 aromatic rings. The first-order valence-electron chi connectivity index (χ1n) is 24.5. The van der Waals surface area contributed by atoms with Gasteiger partial charge in [0.15, 0.2) is 23.3 Å². The summed E-state index contributed by atoms with van der Waals surface area (Å²) in [5.41, 5.74) is 17.8. The maximum atomic E-state index is 5.41. The molecule has 7 heteroatoms. The molecule has 11 rings (SSSR count). The molecule has 0 saturated heterocycles. The Bertz CT molecular complexity index is 3650. The van der Waals surface area contributed by atoms with Crippen LogP contribution in [-0.4, -0.2) is 29.9 Å². The molecule has 0 atom stereocenters. The fourth-order valence-electron chi connectivity index (χ4n) is 10.4. The van der Waals surface area contributed by atoms with Gasteiger partial charge in [-0.25, -0.2) is 14.9 Å². The van der Waals surface area contributed by atoms with E-state index in [0.717, 1.165) is 49.8 Å². The third-order valence-corrected chi connectivity index (χ3v) is 13.5. The Morgan fingerprint density at radius 2 is 0.750 bits per heavy atom. The standard InChI is InChI=1S/C65H53N7/c1-41-36-43(3)57(44(4)37-41)59(58-45(5)38-42(2)39-46(58)6)49-32-34-54(35-33-49)72(65-69-61(51-25-14-9-15-26-51)67-63(71-65)56-31-19-27-48-22-16-17-30-55(48)56)64-68-60(50-23-12-8-13-24-50)66-62(70-64)53-29-18-28-52(40-53)47-20-10-7-11-21-47/h7-40,59H,1-6H3. The molecule has 0 saturated carbocycles. The van der Waals surface area contributed by atoms with Crippen LogP contribution in [0.1, 0.15) is 56.0 Å². The topological polar surface area (TPSA) is 80.6 Å². The second-order valence-electron chi connectivity index (χ2n) is 18.8. The number of anilines is 3. The Balaban J connectivity index is 1.17. The van der Waals surface area contributed by atoms with Crippen molar-refractivity contribution in [3.8, 4) is 56.7 Å². The molecule has 0 fully saturated rings. The number of aryl methyl sites for hydroxylation is 6. The van der Waals surface area contributed by atoms with Crippen molar-refractivity contribution >= 4 is 28.4 Å². The smallest absolute Gasteiger partial charge is 0.241 e. The quantitative estimate of drug-likeness (QED) is 0.120. The number of nitrogens with zero attached hydrogens (tertiary/aromatic N) is 7. The molecule has 0 spiro atoms. The van der Waals surface area contributed by atoms with Crippen molar-refractivity contribution in [2.24, 2.45) is 0 Å². The molecule has 0 aliphatic carbocycles. The highest BCUT2D eigenvalue weighted by atomic mass is 15.4. The molecule has 0 bridgehead atoms. The summed E-state index contributed by atoms with van der Waals surface area (Å²) < 4.78 is 0. The predicted octanol–water partition coefficient (Wildman–Crippen LogP) is 16.0. The monoisotopic (exact) mass is 931 g/mol. The van der Waals surface area contributed by atoms with E-state index < -0.39 is 0 Å². The number of hydrogen-bond donors (Lipinski definition) is 0. The van der Waals surface area contributed by atoms with Crippen LogP contribution < -0.4 is 4.90 Å². The van der Waals surface area contributed by atoms with E-state index in [9.17, 15) is 0 Å². The van der Waals surface area contributed by atoms with Crippen LogP contribution in [0.15, 0.2) is 206 Å². The zero-order valence-electron chi connectivity index (χ0n) is 41.3.